The van der Waals surface area contributed by atoms with Gasteiger partial charge >= 0.3 is 5.97 Å². The zero-order chi connectivity index (χ0) is 22.5. The number of carbonyl (C=O) groups excluding carboxylic acids is 5. The maximum Gasteiger partial charge on any atom is 0.310 e. The lowest BCUT2D eigenvalue weighted by atomic mass is 10.1. The number of hydrogen-bond donors (Lipinski definition) is 3. The lowest BCUT2D eigenvalue weighted by Gasteiger charge is -2.25. The molecule has 0 bridgehead atoms. The van der Waals surface area contributed by atoms with Crippen LogP contribution in [0, 0.1) is 0 Å². The fourth-order valence-electron chi connectivity index (χ4n) is 3.32. The van der Waals surface area contributed by atoms with Gasteiger partial charge in [0.05, 0.1) is 13.0 Å². The zero-order valence-corrected chi connectivity index (χ0v) is 16.9. The van der Waals surface area contributed by atoms with Crippen LogP contribution in [0.3, 0.4) is 0 Å². The Hall–Kier alpha value is -3.53. The summed E-state index contributed by atoms with van der Waals surface area (Å²) in [6, 6.07) is 4.42. The topological polar surface area (TPSA) is 142 Å². The molecule has 10 nitrogen and oxygen atoms in total. The molecule has 164 valence electrons. The first-order chi connectivity index (χ1) is 14.7. The van der Waals surface area contributed by atoms with E-state index in [1.165, 1.54) is 17.9 Å². The third-order valence-electron chi connectivity index (χ3n) is 4.97. The van der Waals surface area contributed by atoms with Crippen molar-refractivity contribution in [3.8, 4) is 0 Å². The van der Waals surface area contributed by atoms with Gasteiger partial charge in [-0.25, -0.2) is 0 Å². The summed E-state index contributed by atoms with van der Waals surface area (Å²) < 4.78 is 4.57. The van der Waals surface area contributed by atoms with Crippen LogP contribution in [0.1, 0.15) is 40.5 Å². The number of carbonyl (C=O) groups is 5. The van der Waals surface area contributed by atoms with Gasteiger partial charge in [-0.15, -0.1) is 0 Å². The van der Waals surface area contributed by atoms with Crippen LogP contribution < -0.4 is 10.6 Å². The lowest BCUT2D eigenvalue weighted by molar-refractivity contribution is -0.155. The number of nitrogens with one attached hydrogen (secondary N) is 2. The van der Waals surface area contributed by atoms with E-state index in [1.807, 2.05) is 0 Å². The number of nitrogens with zero attached hydrogens (tertiary/aromatic N) is 1. The van der Waals surface area contributed by atoms with Crippen molar-refractivity contribution in [2.45, 2.75) is 38.1 Å². The van der Waals surface area contributed by atoms with E-state index in [1.54, 1.807) is 30.4 Å². The highest BCUT2D eigenvalue weighted by atomic mass is 16.6. The minimum atomic E-state index is -1.42. The van der Waals surface area contributed by atoms with E-state index in [0.29, 0.717) is 5.56 Å². The molecule has 0 aromatic heterocycles. The number of rotatable bonds is 6. The van der Waals surface area contributed by atoms with Crippen molar-refractivity contribution in [2.75, 3.05) is 13.1 Å². The van der Waals surface area contributed by atoms with Crippen LogP contribution in [-0.4, -0.2) is 70.9 Å². The summed E-state index contributed by atoms with van der Waals surface area (Å²) in [5.74, 6) is -2.32. The lowest BCUT2D eigenvalue weighted by Crippen LogP contribution is -2.51. The van der Waals surface area contributed by atoms with Crippen molar-refractivity contribution in [1.82, 2.24) is 15.5 Å². The molecule has 1 fully saturated rings. The first kappa shape index (κ1) is 22.2. The number of aliphatic hydroxyl groups is 1. The summed E-state index contributed by atoms with van der Waals surface area (Å²) in [6.07, 6.45) is 2.12. The van der Waals surface area contributed by atoms with Gasteiger partial charge in [0.1, 0.15) is 12.1 Å². The van der Waals surface area contributed by atoms with Gasteiger partial charge in [-0.3, -0.25) is 24.0 Å². The normalized spacial score (nSPS) is 23.2. The Kier molecular flexibility index (Phi) is 6.81. The van der Waals surface area contributed by atoms with E-state index < -0.39 is 42.1 Å². The molecule has 0 radical (unpaired) electrons. The van der Waals surface area contributed by atoms with Crippen molar-refractivity contribution in [2.24, 2.45) is 0 Å². The minimum absolute atomic E-state index is 0.154. The highest BCUT2D eigenvalue weighted by Crippen LogP contribution is 2.13. The molecule has 10 heteroatoms. The molecule has 0 spiro atoms. The predicted octanol–water partition coefficient (Wildman–Crippen LogP) is -0.474. The molecule has 3 unspecified atom stereocenters. The van der Waals surface area contributed by atoms with Gasteiger partial charge in [0, 0.05) is 17.7 Å². The molecule has 3 N–H and O–H groups in total. The molecule has 1 aromatic carbocycles. The second kappa shape index (κ2) is 9.52. The Labute approximate surface area is 178 Å². The van der Waals surface area contributed by atoms with Crippen molar-refractivity contribution in [3.63, 3.8) is 0 Å². The SMILES string of the molecule is CC(=O)c1cccc(C(=O)NC2CC=CCN(CC(=O)NC3CC(=O)OC3O)C2=O)c1. The van der Waals surface area contributed by atoms with Crippen molar-refractivity contribution in [1.29, 1.82) is 0 Å². The number of esters is 1. The molecule has 3 rings (SSSR count). The van der Waals surface area contributed by atoms with Crippen LogP contribution in [0.25, 0.3) is 0 Å². The molecule has 0 aliphatic carbocycles. The molecule has 2 aliphatic heterocycles. The quantitative estimate of drug-likeness (QED) is 0.315. The van der Waals surface area contributed by atoms with Crippen LogP contribution >= 0.6 is 0 Å². The number of amides is 3. The third kappa shape index (κ3) is 5.54. The summed E-state index contributed by atoms with van der Waals surface area (Å²) >= 11 is 0. The number of hydrogen-bond acceptors (Lipinski definition) is 7. The molecule has 3 amide bonds. The summed E-state index contributed by atoms with van der Waals surface area (Å²) in [6.45, 7) is 1.25. The summed E-state index contributed by atoms with van der Waals surface area (Å²) in [5, 5.41) is 14.7. The maximum atomic E-state index is 12.9. The van der Waals surface area contributed by atoms with Gasteiger partial charge in [-0.1, -0.05) is 24.3 Å². The van der Waals surface area contributed by atoms with Crippen LogP contribution in [0.15, 0.2) is 36.4 Å². The number of aliphatic hydroxyl groups excluding tert-OH is 1. The van der Waals surface area contributed by atoms with Gasteiger partial charge in [-0.2, -0.15) is 0 Å². The zero-order valence-electron chi connectivity index (χ0n) is 16.9. The van der Waals surface area contributed by atoms with E-state index in [4.69, 9.17) is 0 Å². The van der Waals surface area contributed by atoms with Crippen molar-refractivity contribution in [3.05, 3.63) is 47.5 Å². The molecule has 1 saturated heterocycles. The molecular weight excluding hydrogens is 406 g/mol. The number of ketones is 1. The average Bonchev–Trinajstić information content (AvgIpc) is 2.94. The smallest absolute Gasteiger partial charge is 0.310 e. The largest absolute Gasteiger partial charge is 0.434 e. The Morgan fingerprint density at radius 1 is 1.16 bits per heavy atom. The van der Waals surface area contributed by atoms with Gasteiger partial charge in [0.25, 0.3) is 5.91 Å². The van der Waals surface area contributed by atoms with E-state index in [2.05, 4.69) is 15.4 Å². The van der Waals surface area contributed by atoms with E-state index in [9.17, 15) is 29.1 Å². The molecule has 31 heavy (non-hydrogen) atoms. The Bertz CT molecular complexity index is 943. The first-order valence-electron chi connectivity index (χ1n) is 9.77. The summed E-state index contributed by atoms with van der Waals surface area (Å²) in [5.41, 5.74) is 0.632. The third-order valence-corrected chi connectivity index (χ3v) is 4.97. The number of benzene rings is 1. The van der Waals surface area contributed by atoms with Crippen LogP contribution in [0.4, 0.5) is 0 Å². The van der Waals surface area contributed by atoms with E-state index in [0.717, 1.165) is 0 Å². The molecule has 2 heterocycles. The number of Topliss-reactive ketones (excluding diaryl/α,β-unsaturated/α-hetero) is 1. The van der Waals surface area contributed by atoms with Crippen molar-refractivity contribution < 1.29 is 33.8 Å². The minimum Gasteiger partial charge on any atom is -0.434 e. The number of cyclic esters (lactones) is 1. The standard InChI is InChI=1S/C21H23N3O7/c1-12(25)13-5-4-6-14(9-13)19(28)23-15-7-2-3-8-24(20(15)29)11-17(26)22-16-10-18(27)31-21(16)30/h2-6,9,15-16,21,30H,7-8,10-11H2,1H3,(H,22,26)(H,23,28). The Morgan fingerprint density at radius 3 is 2.58 bits per heavy atom. The Balaban J connectivity index is 1.62. The summed E-state index contributed by atoms with van der Waals surface area (Å²) in [4.78, 5) is 61.8. The molecule has 2 aliphatic rings. The number of ether oxygens (including phenoxy) is 1. The molecule has 3 atom stereocenters. The molecule has 0 saturated carbocycles. The first-order valence-corrected chi connectivity index (χ1v) is 9.77. The predicted molar refractivity (Wildman–Crippen MR) is 107 cm³/mol. The monoisotopic (exact) mass is 429 g/mol. The summed E-state index contributed by atoms with van der Waals surface area (Å²) in [7, 11) is 0. The van der Waals surface area contributed by atoms with E-state index in [-0.39, 0.29) is 37.3 Å². The highest BCUT2D eigenvalue weighted by Gasteiger charge is 2.35. The van der Waals surface area contributed by atoms with Crippen LogP contribution in [0.2, 0.25) is 0 Å². The van der Waals surface area contributed by atoms with E-state index >= 15 is 0 Å². The second-order valence-electron chi connectivity index (χ2n) is 7.35. The van der Waals surface area contributed by atoms with Gasteiger partial charge in [-0.05, 0) is 25.5 Å². The molecular formula is C21H23N3O7. The van der Waals surface area contributed by atoms with Gasteiger partial charge in [0.2, 0.25) is 18.1 Å². The fourth-order valence-corrected chi connectivity index (χ4v) is 3.32. The van der Waals surface area contributed by atoms with Crippen LogP contribution in [-0.2, 0) is 19.1 Å². The van der Waals surface area contributed by atoms with Crippen molar-refractivity contribution >= 4 is 29.5 Å². The second-order valence-corrected chi connectivity index (χ2v) is 7.35. The van der Waals surface area contributed by atoms with Gasteiger partial charge < -0.3 is 25.4 Å². The molecule has 1 aromatic rings. The van der Waals surface area contributed by atoms with Crippen LogP contribution in [0.5, 0.6) is 0 Å². The fraction of sp³-hybridized carbons (Fsp3) is 0.381. The highest BCUT2D eigenvalue weighted by molar-refractivity contribution is 6.01. The Morgan fingerprint density at radius 2 is 1.90 bits per heavy atom. The average molecular weight is 429 g/mol. The van der Waals surface area contributed by atoms with Gasteiger partial charge in [0.15, 0.2) is 5.78 Å². The maximum absolute atomic E-state index is 12.9.